The summed E-state index contributed by atoms with van der Waals surface area (Å²) in [7, 11) is 7.56. The fourth-order valence-corrected chi connectivity index (χ4v) is 4.52. The van der Waals surface area contributed by atoms with Gasteiger partial charge in [0, 0.05) is 37.1 Å². The third-order valence-corrected chi connectivity index (χ3v) is 6.23. The van der Waals surface area contributed by atoms with Gasteiger partial charge in [0.25, 0.3) is 0 Å². The standard InChI is InChI=1S/C18H26N2O2.C4H7NO3/c1-19-14-7-8-18(9-10-20(2)17(18)12-14)13-5-6-15(21-3)16(11-13)22-4;5-3(6)1-2-4(7)8/h5-6,11,17H,7-10,12H2,1-4H3;1-2H2,(H2,5,6)(H,7,8)/t17?,18-;/m0./s1. The zero-order valence-electron chi connectivity index (χ0n) is 18.3. The van der Waals surface area contributed by atoms with Gasteiger partial charge < -0.3 is 25.2 Å². The van der Waals surface area contributed by atoms with Gasteiger partial charge in [-0.2, -0.15) is 0 Å². The van der Waals surface area contributed by atoms with Gasteiger partial charge in [0.15, 0.2) is 11.5 Å². The van der Waals surface area contributed by atoms with Gasteiger partial charge in [0.2, 0.25) is 5.91 Å². The van der Waals surface area contributed by atoms with Gasteiger partial charge in [-0.3, -0.25) is 14.6 Å². The number of ether oxygens (including phenoxy) is 2. The predicted molar refractivity (Wildman–Crippen MR) is 116 cm³/mol. The second-order valence-corrected chi connectivity index (χ2v) is 7.83. The van der Waals surface area contributed by atoms with E-state index >= 15 is 0 Å². The lowest BCUT2D eigenvalue weighted by Gasteiger charge is -2.42. The molecule has 8 nitrogen and oxygen atoms in total. The average molecular weight is 420 g/mol. The third kappa shape index (κ3) is 5.30. The van der Waals surface area contributed by atoms with E-state index in [9.17, 15) is 9.59 Å². The van der Waals surface area contributed by atoms with E-state index in [1.165, 1.54) is 24.1 Å². The number of nitrogens with zero attached hydrogens (tertiary/aromatic N) is 2. The van der Waals surface area contributed by atoms with E-state index in [0.717, 1.165) is 30.9 Å². The summed E-state index contributed by atoms with van der Waals surface area (Å²) in [5.74, 6) is 0.0611. The lowest BCUT2D eigenvalue weighted by Crippen LogP contribution is -2.46. The molecular weight excluding hydrogens is 386 g/mol. The van der Waals surface area contributed by atoms with Crippen molar-refractivity contribution >= 4 is 17.6 Å². The maximum atomic E-state index is 9.86. The molecule has 1 aromatic rings. The number of aliphatic carboxylic acids is 1. The summed E-state index contributed by atoms with van der Waals surface area (Å²) >= 11 is 0. The number of carbonyl (C=O) groups excluding carboxylic acids is 1. The number of primary amides is 1. The van der Waals surface area contributed by atoms with Crippen LogP contribution in [0.25, 0.3) is 0 Å². The highest BCUT2D eigenvalue weighted by Gasteiger charge is 2.49. The average Bonchev–Trinajstić information content (AvgIpc) is 3.09. The van der Waals surface area contributed by atoms with Crippen LogP contribution in [-0.2, 0) is 15.0 Å². The maximum absolute atomic E-state index is 9.86. The molecule has 1 unspecified atom stereocenters. The van der Waals surface area contributed by atoms with Gasteiger partial charge in [-0.15, -0.1) is 0 Å². The molecule has 3 rings (SSSR count). The summed E-state index contributed by atoms with van der Waals surface area (Å²) in [5, 5.41) is 7.95. The van der Waals surface area contributed by atoms with Crippen LogP contribution < -0.4 is 15.2 Å². The van der Waals surface area contributed by atoms with E-state index in [0.29, 0.717) is 6.04 Å². The van der Waals surface area contributed by atoms with Crippen LogP contribution in [0.15, 0.2) is 23.2 Å². The van der Waals surface area contributed by atoms with Crippen molar-refractivity contribution in [3.05, 3.63) is 23.8 Å². The Labute approximate surface area is 178 Å². The quantitative estimate of drug-likeness (QED) is 0.731. The van der Waals surface area contributed by atoms with E-state index in [4.69, 9.17) is 14.6 Å². The Hall–Kier alpha value is -2.61. The number of likely N-dealkylation sites (N-methyl/N-ethyl adjacent to an activating group) is 1. The smallest absolute Gasteiger partial charge is 0.303 e. The highest BCUT2D eigenvalue weighted by Crippen LogP contribution is 2.49. The second-order valence-electron chi connectivity index (χ2n) is 7.83. The zero-order valence-corrected chi connectivity index (χ0v) is 18.3. The van der Waals surface area contributed by atoms with Crippen molar-refractivity contribution in [2.75, 3.05) is 34.9 Å². The monoisotopic (exact) mass is 419 g/mol. The number of aliphatic imine (C=N–C) groups is 1. The number of hydrogen-bond donors (Lipinski definition) is 2. The summed E-state index contributed by atoms with van der Waals surface area (Å²) < 4.78 is 10.9. The molecule has 0 radical (unpaired) electrons. The molecule has 1 aliphatic carbocycles. The molecule has 1 aromatic carbocycles. The molecule has 8 heteroatoms. The summed E-state index contributed by atoms with van der Waals surface area (Å²) in [6.07, 6.45) is 4.33. The number of nitrogens with two attached hydrogens (primary N) is 1. The van der Waals surface area contributed by atoms with Crippen LogP contribution in [0.5, 0.6) is 11.5 Å². The predicted octanol–water partition coefficient (Wildman–Crippen LogP) is 2.24. The van der Waals surface area contributed by atoms with Crippen LogP contribution in [0.4, 0.5) is 0 Å². The molecule has 1 saturated heterocycles. The highest BCUT2D eigenvalue weighted by molar-refractivity contribution is 5.86. The van der Waals surface area contributed by atoms with Crippen LogP contribution in [-0.4, -0.2) is 68.5 Å². The molecule has 0 aromatic heterocycles. The number of carbonyl (C=O) groups is 2. The molecule has 1 heterocycles. The number of fused-ring (bicyclic) bond motifs is 1. The van der Waals surface area contributed by atoms with E-state index in [-0.39, 0.29) is 18.3 Å². The first-order valence-electron chi connectivity index (χ1n) is 10.1. The van der Waals surface area contributed by atoms with Crippen molar-refractivity contribution in [2.45, 2.75) is 50.0 Å². The third-order valence-electron chi connectivity index (χ3n) is 6.23. The first kappa shape index (κ1) is 23.7. The molecule has 1 saturated carbocycles. The molecule has 0 bridgehead atoms. The minimum Gasteiger partial charge on any atom is -0.493 e. The van der Waals surface area contributed by atoms with Gasteiger partial charge in [0.1, 0.15) is 0 Å². The fourth-order valence-electron chi connectivity index (χ4n) is 4.52. The number of methoxy groups -OCH3 is 2. The van der Waals surface area contributed by atoms with Crippen LogP contribution in [0, 0.1) is 0 Å². The Balaban J connectivity index is 0.000000343. The highest BCUT2D eigenvalue weighted by atomic mass is 16.5. The van der Waals surface area contributed by atoms with Gasteiger partial charge in [-0.1, -0.05) is 6.07 Å². The Bertz CT molecular complexity index is 781. The molecule has 0 spiro atoms. The SMILES string of the molecule is CN=C1CC[C@@]2(c3ccc(OC)c(OC)c3)CCN(C)C2C1.NC(=O)CCC(=O)O. The Morgan fingerprint density at radius 1 is 1.23 bits per heavy atom. The van der Waals surface area contributed by atoms with Crippen LogP contribution in [0.3, 0.4) is 0 Å². The molecule has 1 amide bonds. The van der Waals surface area contributed by atoms with E-state index in [1.54, 1.807) is 14.2 Å². The molecule has 30 heavy (non-hydrogen) atoms. The lowest BCUT2D eigenvalue weighted by molar-refractivity contribution is -0.138. The van der Waals surface area contributed by atoms with Crippen molar-refractivity contribution in [2.24, 2.45) is 10.7 Å². The number of carboxylic acids is 1. The van der Waals surface area contributed by atoms with Gasteiger partial charge >= 0.3 is 5.97 Å². The normalized spacial score (nSPS) is 24.5. The van der Waals surface area contributed by atoms with Crippen molar-refractivity contribution < 1.29 is 24.2 Å². The Morgan fingerprint density at radius 2 is 1.93 bits per heavy atom. The summed E-state index contributed by atoms with van der Waals surface area (Å²) in [6, 6.07) is 6.99. The molecule has 2 atom stereocenters. The second kappa shape index (κ2) is 10.4. The number of amides is 1. The number of benzene rings is 1. The van der Waals surface area contributed by atoms with E-state index < -0.39 is 11.9 Å². The van der Waals surface area contributed by atoms with Crippen molar-refractivity contribution in [3.8, 4) is 11.5 Å². The molecule has 2 fully saturated rings. The lowest BCUT2D eigenvalue weighted by atomic mass is 9.65. The minimum atomic E-state index is -0.996. The van der Waals surface area contributed by atoms with E-state index in [1.807, 2.05) is 13.1 Å². The fraction of sp³-hybridized carbons (Fsp3) is 0.591. The summed E-state index contributed by atoms with van der Waals surface area (Å²) in [5.41, 5.74) is 7.60. The minimum absolute atomic E-state index is 0.0741. The summed E-state index contributed by atoms with van der Waals surface area (Å²) in [4.78, 5) is 26.5. The summed E-state index contributed by atoms with van der Waals surface area (Å²) in [6.45, 7) is 1.15. The molecule has 2 aliphatic rings. The van der Waals surface area contributed by atoms with Crippen molar-refractivity contribution in [1.82, 2.24) is 4.90 Å². The molecule has 1 aliphatic heterocycles. The zero-order chi connectivity index (χ0) is 22.3. The van der Waals surface area contributed by atoms with Gasteiger partial charge in [0.05, 0.1) is 20.6 Å². The number of hydrogen-bond acceptors (Lipinski definition) is 6. The molecule has 3 N–H and O–H groups in total. The molecular formula is C22H33N3O5. The molecule has 166 valence electrons. The topological polar surface area (TPSA) is 114 Å². The van der Waals surface area contributed by atoms with Crippen LogP contribution >= 0.6 is 0 Å². The van der Waals surface area contributed by atoms with Crippen LogP contribution in [0.1, 0.15) is 44.1 Å². The Morgan fingerprint density at radius 3 is 2.47 bits per heavy atom. The maximum Gasteiger partial charge on any atom is 0.303 e. The first-order valence-corrected chi connectivity index (χ1v) is 10.1. The largest absolute Gasteiger partial charge is 0.493 e. The first-order chi connectivity index (χ1) is 14.3. The van der Waals surface area contributed by atoms with Crippen molar-refractivity contribution in [1.29, 1.82) is 0 Å². The number of likely N-dealkylation sites (tertiary alicyclic amines) is 1. The van der Waals surface area contributed by atoms with Crippen molar-refractivity contribution in [3.63, 3.8) is 0 Å². The number of carboxylic acid groups (broad SMARTS) is 1. The Kier molecular flexibility index (Phi) is 8.23. The van der Waals surface area contributed by atoms with Crippen LogP contribution in [0.2, 0.25) is 0 Å². The van der Waals surface area contributed by atoms with Gasteiger partial charge in [-0.25, -0.2) is 0 Å². The number of rotatable bonds is 6. The van der Waals surface area contributed by atoms with E-state index in [2.05, 4.69) is 34.8 Å². The van der Waals surface area contributed by atoms with Gasteiger partial charge in [-0.05, 0) is 50.6 Å².